The van der Waals surface area contributed by atoms with Gasteiger partial charge < -0.3 is 10.2 Å². The molecular weight excluding hydrogens is 312 g/mol. The van der Waals surface area contributed by atoms with Crippen LogP contribution in [0.5, 0.6) is 0 Å². The van der Waals surface area contributed by atoms with Crippen LogP contribution in [0.15, 0.2) is 35.5 Å². The molecule has 1 N–H and O–H groups in total. The Labute approximate surface area is 135 Å². The number of fused-ring (bicyclic) bond motifs is 4. The number of piperidine rings is 1. The number of nitrogens with one attached hydrogen (secondary N) is 1. The number of anilines is 2. The molecule has 0 aliphatic carbocycles. The van der Waals surface area contributed by atoms with Crippen LogP contribution in [0.4, 0.5) is 11.5 Å². The quantitative estimate of drug-likeness (QED) is 0.907. The van der Waals surface area contributed by atoms with Crippen molar-refractivity contribution >= 4 is 21.3 Å². The number of aromatic nitrogens is 2. The molecule has 2 aliphatic rings. The fourth-order valence-electron chi connectivity index (χ4n) is 3.24. The molecule has 6 nitrogen and oxygen atoms in total. The lowest BCUT2D eigenvalue weighted by Crippen LogP contribution is -2.46. The molecule has 4 heterocycles. The number of nitrogens with zero attached hydrogens (tertiary/aromatic N) is 3. The number of hydrogen-bond donors (Lipinski definition) is 1. The van der Waals surface area contributed by atoms with Crippen molar-refractivity contribution in [2.45, 2.75) is 23.8 Å². The molecule has 1 atom stereocenters. The van der Waals surface area contributed by atoms with Crippen LogP contribution in [0, 0.1) is 0 Å². The van der Waals surface area contributed by atoms with Gasteiger partial charge in [0.15, 0.2) is 15.7 Å². The van der Waals surface area contributed by atoms with Crippen molar-refractivity contribution < 1.29 is 8.42 Å². The third-order valence-electron chi connectivity index (χ3n) is 4.41. The summed E-state index contributed by atoms with van der Waals surface area (Å²) in [5.41, 5.74) is 2.57. The van der Waals surface area contributed by atoms with Crippen LogP contribution in [0.25, 0.3) is 11.3 Å². The van der Waals surface area contributed by atoms with E-state index in [1.54, 1.807) is 12.3 Å². The number of rotatable bonds is 2. The molecule has 1 fully saturated rings. The minimum atomic E-state index is -3.28. The summed E-state index contributed by atoms with van der Waals surface area (Å²) in [6.07, 6.45) is 6.55. The lowest BCUT2D eigenvalue weighted by atomic mass is 10.0. The van der Waals surface area contributed by atoms with Gasteiger partial charge in [-0.1, -0.05) is 0 Å². The second-order valence-corrected chi connectivity index (χ2v) is 8.19. The molecule has 0 radical (unpaired) electrons. The van der Waals surface area contributed by atoms with Gasteiger partial charge in [0.05, 0.1) is 16.3 Å². The Hall–Kier alpha value is -2.15. The molecule has 0 spiro atoms. The van der Waals surface area contributed by atoms with Crippen LogP contribution >= 0.6 is 0 Å². The molecular formula is C16H18N4O2S. The maximum atomic E-state index is 11.7. The molecule has 0 saturated carbocycles. The smallest absolute Gasteiger partial charge is 0.177 e. The van der Waals surface area contributed by atoms with Gasteiger partial charge in [-0.25, -0.2) is 13.4 Å². The summed E-state index contributed by atoms with van der Waals surface area (Å²) in [4.78, 5) is 11.3. The molecule has 0 amide bonds. The van der Waals surface area contributed by atoms with E-state index in [1.807, 2.05) is 6.07 Å². The minimum Gasteiger partial charge on any atom is -0.366 e. The first-order valence-electron chi connectivity index (χ1n) is 7.69. The highest BCUT2D eigenvalue weighted by molar-refractivity contribution is 7.90. The molecule has 0 aromatic carbocycles. The van der Waals surface area contributed by atoms with Crippen molar-refractivity contribution in [2.24, 2.45) is 0 Å². The zero-order valence-electron chi connectivity index (χ0n) is 12.9. The third-order valence-corrected chi connectivity index (χ3v) is 5.49. The van der Waals surface area contributed by atoms with E-state index in [0.717, 1.165) is 36.7 Å². The van der Waals surface area contributed by atoms with Gasteiger partial charge in [-0.15, -0.1) is 0 Å². The number of pyridine rings is 2. The largest absolute Gasteiger partial charge is 0.366 e. The van der Waals surface area contributed by atoms with Gasteiger partial charge in [-0.05, 0) is 31.0 Å². The Morgan fingerprint density at radius 1 is 1.30 bits per heavy atom. The van der Waals surface area contributed by atoms with Crippen LogP contribution in [0.3, 0.4) is 0 Å². The second kappa shape index (κ2) is 5.19. The Kier molecular flexibility index (Phi) is 3.26. The predicted molar refractivity (Wildman–Crippen MR) is 89.4 cm³/mol. The van der Waals surface area contributed by atoms with E-state index >= 15 is 0 Å². The van der Waals surface area contributed by atoms with E-state index in [2.05, 4.69) is 21.3 Å². The standard InChI is InChI=1S/C16H18N4O2S/c1-23(21,22)13-7-11(8-17-9-13)14-4-5-15-16(19-14)18-12-3-2-6-20(15)10-12/h4-5,7-9,12H,2-3,6,10H2,1H3,(H,18,19)/t12-/m0/s1. The van der Waals surface area contributed by atoms with Crippen molar-refractivity contribution in [1.82, 2.24) is 9.97 Å². The van der Waals surface area contributed by atoms with E-state index in [-0.39, 0.29) is 4.90 Å². The second-order valence-electron chi connectivity index (χ2n) is 6.18. The first kappa shape index (κ1) is 14.4. The normalized spacial score (nSPS) is 19.9. The molecule has 23 heavy (non-hydrogen) atoms. The molecule has 120 valence electrons. The minimum absolute atomic E-state index is 0.211. The molecule has 2 aromatic rings. The molecule has 7 heteroatoms. The SMILES string of the molecule is CS(=O)(=O)c1cncc(-c2ccc3c(n2)N[C@H]2CCCN3C2)c1. The van der Waals surface area contributed by atoms with Crippen LogP contribution in [0.2, 0.25) is 0 Å². The fourth-order valence-corrected chi connectivity index (χ4v) is 3.84. The Morgan fingerprint density at radius 3 is 3.00 bits per heavy atom. The van der Waals surface area contributed by atoms with Crippen molar-refractivity contribution in [3.05, 3.63) is 30.6 Å². The van der Waals surface area contributed by atoms with Crippen molar-refractivity contribution in [3.8, 4) is 11.3 Å². The number of sulfone groups is 1. The molecule has 1 saturated heterocycles. The van der Waals surface area contributed by atoms with Crippen LogP contribution < -0.4 is 10.2 Å². The third kappa shape index (κ3) is 2.65. The van der Waals surface area contributed by atoms with Gasteiger partial charge in [0, 0.05) is 43.3 Å². The highest BCUT2D eigenvalue weighted by Gasteiger charge is 2.28. The number of hydrogen-bond acceptors (Lipinski definition) is 6. The summed E-state index contributed by atoms with van der Waals surface area (Å²) in [5, 5.41) is 3.49. The van der Waals surface area contributed by atoms with E-state index in [4.69, 9.17) is 4.98 Å². The lowest BCUT2D eigenvalue weighted by Gasteiger charge is -2.40. The molecule has 2 aliphatic heterocycles. The van der Waals surface area contributed by atoms with E-state index in [0.29, 0.717) is 11.6 Å². The fraction of sp³-hybridized carbons (Fsp3) is 0.375. The van der Waals surface area contributed by atoms with Gasteiger partial charge >= 0.3 is 0 Å². The monoisotopic (exact) mass is 330 g/mol. The van der Waals surface area contributed by atoms with Gasteiger partial charge in [0.25, 0.3) is 0 Å². The lowest BCUT2D eigenvalue weighted by molar-refractivity contribution is 0.516. The van der Waals surface area contributed by atoms with Crippen LogP contribution in [-0.2, 0) is 9.84 Å². The van der Waals surface area contributed by atoms with E-state index < -0.39 is 9.84 Å². The summed E-state index contributed by atoms with van der Waals surface area (Å²) in [6.45, 7) is 2.09. The predicted octanol–water partition coefficient (Wildman–Crippen LogP) is 1.94. The average Bonchev–Trinajstić information content (AvgIpc) is 2.54. The molecule has 0 unspecified atom stereocenters. The maximum absolute atomic E-state index is 11.7. The molecule has 2 aromatic heterocycles. The van der Waals surface area contributed by atoms with Crippen molar-refractivity contribution in [2.75, 3.05) is 29.6 Å². The molecule has 2 bridgehead atoms. The van der Waals surface area contributed by atoms with Gasteiger partial charge in [0.2, 0.25) is 0 Å². The Bertz CT molecular complexity index is 866. The summed E-state index contributed by atoms with van der Waals surface area (Å²) in [7, 11) is -3.28. The molecule has 4 rings (SSSR count). The van der Waals surface area contributed by atoms with Crippen molar-refractivity contribution in [1.29, 1.82) is 0 Å². The van der Waals surface area contributed by atoms with Crippen molar-refractivity contribution in [3.63, 3.8) is 0 Å². The van der Waals surface area contributed by atoms with Gasteiger partial charge in [-0.3, -0.25) is 4.98 Å². The van der Waals surface area contributed by atoms with Gasteiger partial charge in [-0.2, -0.15) is 0 Å². The Balaban J connectivity index is 1.75. The maximum Gasteiger partial charge on any atom is 0.177 e. The highest BCUT2D eigenvalue weighted by Crippen LogP contribution is 2.35. The van der Waals surface area contributed by atoms with Crippen LogP contribution in [-0.4, -0.2) is 43.8 Å². The summed E-state index contributed by atoms with van der Waals surface area (Å²) < 4.78 is 23.4. The summed E-state index contributed by atoms with van der Waals surface area (Å²) in [5.74, 6) is 0.878. The summed E-state index contributed by atoms with van der Waals surface area (Å²) in [6, 6.07) is 6.05. The zero-order valence-corrected chi connectivity index (χ0v) is 13.7. The summed E-state index contributed by atoms with van der Waals surface area (Å²) >= 11 is 0. The van der Waals surface area contributed by atoms with E-state index in [1.165, 1.54) is 18.9 Å². The topological polar surface area (TPSA) is 75.2 Å². The highest BCUT2D eigenvalue weighted by atomic mass is 32.2. The zero-order chi connectivity index (χ0) is 16.0. The average molecular weight is 330 g/mol. The Morgan fingerprint density at radius 2 is 2.17 bits per heavy atom. The first-order valence-corrected chi connectivity index (χ1v) is 9.58. The first-order chi connectivity index (χ1) is 11.0. The van der Waals surface area contributed by atoms with Crippen LogP contribution in [0.1, 0.15) is 12.8 Å². The van der Waals surface area contributed by atoms with E-state index in [9.17, 15) is 8.42 Å². The van der Waals surface area contributed by atoms with Gasteiger partial charge in [0.1, 0.15) is 0 Å².